The number of halogens is 1. The molecule has 2 amide bonds. The van der Waals surface area contributed by atoms with Crippen LogP contribution in [0.3, 0.4) is 0 Å². The van der Waals surface area contributed by atoms with Crippen molar-refractivity contribution in [2.45, 2.75) is 12.1 Å². The highest BCUT2D eigenvalue weighted by Crippen LogP contribution is 2.47. The molecule has 10 heteroatoms. The zero-order chi connectivity index (χ0) is 28.1. The summed E-state index contributed by atoms with van der Waals surface area (Å²) in [4.78, 5) is 68.2. The predicted octanol–water partition coefficient (Wildman–Crippen LogP) is 4.63. The molecule has 0 saturated carbocycles. The van der Waals surface area contributed by atoms with Crippen LogP contribution in [0.5, 0.6) is 0 Å². The summed E-state index contributed by atoms with van der Waals surface area (Å²) < 4.78 is 0. The van der Waals surface area contributed by atoms with Crippen LogP contribution in [0.1, 0.15) is 20.7 Å². The first-order valence-corrected chi connectivity index (χ1v) is 12.8. The van der Waals surface area contributed by atoms with Crippen LogP contribution in [-0.4, -0.2) is 45.3 Å². The molecule has 3 aromatic rings. The lowest BCUT2D eigenvalue weighted by Crippen LogP contribution is -2.46. The fraction of sp³-hybridized carbons (Fsp3) is 0.133. The molecule has 3 heterocycles. The molecule has 0 unspecified atom stereocenters. The van der Waals surface area contributed by atoms with Crippen molar-refractivity contribution < 1.29 is 24.1 Å². The van der Waals surface area contributed by atoms with Gasteiger partial charge in [0.2, 0.25) is 11.8 Å². The summed E-state index contributed by atoms with van der Waals surface area (Å²) in [5, 5.41) is 11.8. The van der Waals surface area contributed by atoms with E-state index in [-0.39, 0.29) is 22.9 Å². The van der Waals surface area contributed by atoms with Crippen LogP contribution in [0, 0.1) is 22.0 Å². The zero-order valence-electron chi connectivity index (χ0n) is 20.7. The lowest BCUT2D eigenvalue weighted by atomic mass is 9.85. The van der Waals surface area contributed by atoms with Crippen molar-refractivity contribution in [1.29, 1.82) is 0 Å². The summed E-state index contributed by atoms with van der Waals surface area (Å²) in [7, 11) is 0. The number of benzene rings is 3. The third kappa shape index (κ3) is 4.02. The number of anilines is 1. The van der Waals surface area contributed by atoms with Gasteiger partial charge in [0.05, 0.1) is 28.5 Å². The normalized spacial score (nSPS) is 23.1. The Bertz CT molecular complexity index is 1650. The standard InChI is InChI=1S/C30H20ClN3O6/c31-20-11-9-18(10-12-20)28(36)26-25-24(29(37)33(30(25)38)21-7-4-8-22(16-21)34(39)40)23-15-19(13-14-32(23)26)27(35)17-5-2-1-3-6-17/h1-16,23-26H/t23-,24-,25-,26+/m0/s1. The second kappa shape index (κ2) is 9.69. The van der Waals surface area contributed by atoms with E-state index in [1.54, 1.807) is 77.8 Å². The number of rotatable bonds is 6. The second-order valence-corrected chi connectivity index (χ2v) is 10.2. The van der Waals surface area contributed by atoms with Crippen LogP contribution in [-0.2, 0) is 9.59 Å². The van der Waals surface area contributed by atoms with E-state index >= 15 is 0 Å². The lowest BCUT2D eigenvalue weighted by Gasteiger charge is -2.32. The number of nitro benzene ring substituents is 1. The van der Waals surface area contributed by atoms with Crippen molar-refractivity contribution >= 4 is 46.4 Å². The number of fused-ring (bicyclic) bond motifs is 3. The van der Waals surface area contributed by atoms with Gasteiger partial charge in [-0.2, -0.15) is 0 Å². The van der Waals surface area contributed by atoms with Crippen LogP contribution in [0.15, 0.2) is 103 Å². The molecule has 3 aliphatic rings. The monoisotopic (exact) mass is 553 g/mol. The topological polar surface area (TPSA) is 118 Å². The molecule has 0 spiro atoms. The fourth-order valence-corrected chi connectivity index (χ4v) is 5.87. The predicted molar refractivity (Wildman–Crippen MR) is 146 cm³/mol. The van der Waals surface area contributed by atoms with Crippen LogP contribution in [0.25, 0.3) is 0 Å². The number of ketones is 2. The number of hydrogen-bond acceptors (Lipinski definition) is 7. The van der Waals surface area contributed by atoms with Gasteiger partial charge < -0.3 is 4.90 Å². The van der Waals surface area contributed by atoms with Gasteiger partial charge in [-0.1, -0.05) is 54.1 Å². The Kier molecular flexibility index (Phi) is 6.15. The van der Waals surface area contributed by atoms with E-state index in [4.69, 9.17) is 11.6 Å². The molecule has 9 nitrogen and oxygen atoms in total. The molecule has 40 heavy (non-hydrogen) atoms. The molecule has 0 aliphatic carbocycles. The SMILES string of the molecule is O=C(C1=C[C@H]2[C@@H]3C(=O)N(c4cccc([N+](=O)[O-])c4)C(=O)[C@@H]3[C@H](C(=O)c3ccc(Cl)cc3)N2C=C1)c1ccccc1. The van der Waals surface area contributed by atoms with Crippen molar-refractivity contribution in [2.24, 2.45) is 11.8 Å². The molecule has 0 radical (unpaired) electrons. The zero-order valence-corrected chi connectivity index (χ0v) is 21.5. The minimum Gasteiger partial charge on any atom is -0.359 e. The van der Waals surface area contributed by atoms with Crippen LogP contribution in [0.4, 0.5) is 11.4 Å². The van der Waals surface area contributed by atoms with E-state index in [0.29, 0.717) is 21.7 Å². The second-order valence-electron chi connectivity index (χ2n) is 9.73. The van der Waals surface area contributed by atoms with E-state index in [1.807, 2.05) is 0 Å². The van der Waals surface area contributed by atoms with Crippen molar-refractivity contribution in [1.82, 2.24) is 4.90 Å². The third-order valence-corrected chi connectivity index (χ3v) is 7.79. The molecule has 0 bridgehead atoms. The van der Waals surface area contributed by atoms with E-state index in [9.17, 15) is 29.3 Å². The average molecular weight is 554 g/mol. The number of nitrogens with zero attached hydrogens (tertiary/aromatic N) is 3. The number of allylic oxidation sites excluding steroid dienone is 2. The summed E-state index contributed by atoms with van der Waals surface area (Å²) in [6, 6.07) is 18.3. The van der Waals surface area contributed by atoms with Crippen molar-refractivity contribution in [3.8, 4) is 0 Å². The van der Waals surface area contributed by atoms with Gasteiger partial charge in [0.25, 0.3) is 5.69 Å². The Balaban J connectivity index is 1.44. The Morgan fingerprint density at radius 1 is 0.850 bits per heavy atom. The maximum absolute atomic E-state index is 13.9. The van der Waals surface area contributed by atoms with Crippen molar-refractivity contribution in [2.75, 3.05) is 4.90 Å². The molecule has 3 aliphatic heterocycles. The number of hydrogen-bond donors (Lipinski definition) is 0. The highest BCUT2D eigenvalue weighted by atomic mass is 35.5. The van der Waals surface area contributed by atoms with Gasteiger partial charge >= 0.3 is 0 Å². The van der Waals surface area contributed by atoms with Gasteiger partial charge in [-0.15, -0.1) is 0 Å². The average Bonchev–Trinajstić information content (AvgIpc) is 3.44. The summed E-state index contributed by atoms with van der Waals surface area (Å²) in [5.41, 5.74) is 0.883. The number of nitro groups is 1. The van der Waals surface area contributed by atoms with Gasteiger partial charge in [0.15, 0.2) is 11.6 Å². The van der Waals surface area contributed by atoms with Crippen LogP contribution >= 0.6 is 11.6 Å². The minimum absolute atomic E-state index is 0.0544. The maximum Gasteiger partial charge on any atom is 0.271 e. The molecular weight excluding hydrogens is 534 g/mol. The van der Waals surface area contributed by atoms with Gasteiger partial charge in [0, 0.05) is 40.1 Å². The molecule has 3 aromatic carbocycles. The molecule has 2 saturated heterocycles. The van der Waals surface area contributed by atoms with E-state index in [1.165, 1.54) is 18.2 Å². The Labute approximate surface area is 233 Å². The first-order valence-electron chi connectivity index (χ1n) is 12.5. The number of carbonyl (C=O) groups is 4. The van der Waals surface area contributed by atoms with Crippen LogP contribution in [0.2, 0.25) is 5.02 Å². The number of non-ortho nitro benzene ring substituents is 1. The Morgan fingerprint density at radius 2 is 1.55 bits per heavy atom. The smallest absolute Gasteiger partial charge is 0.271 e. The maximum atomic E-state index is 13.9. The summed E-state index contributed by atoms with van der Waals surface area (Å²) in [6.07, 6.45) is 4.81. The number of imide groups is 1. The highest BCUT2D eigenvalue weighted by molar-refractivity contribution is 6.30. The van der Waals surface area contributed by atoms with Gasteiger partial charge in [-0.05, 0) is 36.4 Å². The highest BCUT2D eigenvalue weighted by Gasteiger charge is 2.63. The van der Waals surface area contributed by atoms with E-state index < -0.39 is 40.7 Å². The minimum atomic E-state index is -1.08. The van der Waals surface area contributed by atoms with Crippen molar-refractivity contribution in [3.63, 3.8) is 0 Å². The van der Waals surface area contributed by atoms with Crippen LogP contribution < -0.4 is 4.90 Å². The molecule has 4 atom stereocenters. The van der Waals surface area contributed by atoms with Crippen molar-refractivity contribution in [3.05, 3.63) is 129 Å². The summed E-state index contributed by atoms with van der Waals surface area (Å²) >= 11 is 6.01. The number of amides is 2. The molecule has 198 valence electrons. The number of carbonyl (C=O) groups excluding carboxylic acids is 4. The third-order valence-electron chi connectivity index (χ3n) is 7.54. The number of Topliss-reactive ketones (excluding diaryl/α,β-unsaturated/α-hetero) is 2. The van der Waals surface area contributed by atoms with Gasteiger partial charge in [-0.25, -0.2) is 4.90 Å². The van der Waals surface area contributed by atoms with E-state index in [2.05, 4.69) is 0 Å². The molecule has 2 fully saturated rings. The van der Waals surface area contributed by atoms with Gasteiger partial charge in [0.1, 0.15) is 6.04 Å². The van der Waals surface area contributed by atoms with Gasteiger partial charge in [-0.3, -0.25) is 29.3 Å². The molecule has 0 N–H and O–H groups in total. The first-order chi connectivity index (χ1) is 19.3. The molecular formula is C30H20ClN3O6. The fourth-order valence-electron chi connectivity index (χ4n) is 5.74. The Morgan fingerprint density at radius 3 is 2.25 bits per heavy atom. The van der Waals surface area contributed by atoms with E-state index in [0.717, 1.165) is 11.0 Å². The summed E-state index contributed by atoms with van der Waals surface area (Å²) in [5.74, 6) is -3.92. The largest absolute Gasteiger partial charge is 0.359 e. The first kappa shape index (κ1) is 25.4. The quantitative estimate of drug-likeness (QED) is 0.189. The Hall–Kier alpha value is -4.89. The molecule has 6 rings (SSSR count). The summed E-state index contributed by atoms with van der Waals surface area (Å²) in [6.45, 7) is 0. The lowest BCUT2D eigenvalue weighted by molar-refractivity contribution is -0.384. The molecule has 0 aromatic heterocycles.